The maximum atomic E-state index is 12.3. The zero-order chi connectivity index (χ0) is 17.2. The Labute approximate surface area is 146 Å². The molecule has 2 aromatic carbocycles. The van der Waals surface area contributed by atoms with E-state index in [0.717, 1.165) is 29.7 Å². The summed E-state index contributed by atoms with van der Waals surface area (Å²) >= 11 is 0. The van der Waals surface area contributed by atoms with Gasteiger partial charge in [-0.25, -0.2) is 4.79 Å². The molecular formula is C19H24N2O2S. The van der Waals surface area contributed by atoms with E-state index in [-0.39, 0.29) is 6.03 Å². The quantitative estimate of drug-likeness (QED) is 0.710. The molecule has 1 atom stereocenters. The Balaban J connectivity index is 1.87. The van der Waals surface area contributed by atoms with E-state index >= 15 is 0 Å². The minimum atomic E-state index is -0.977. The summed E-state index contributed by atoms with van der Waals surface area (Å²) < 4.78 is 12.3. The number of benzene rings is 2. The van der Waals surface area contributed by atoms with Gasteiger partial charge in [0.25, 0.3) is 0 Å². The first-order valence-corrected chi connectivity index (χ1v) is 9.69. The lowest BCUT2D eigenvalue weighted by Gasteiger charge is -2.09. The molecule has 0 heterocycles. The summed E-state index contributed by atoms with van der Waals surface area (Å²) in [7, 11) is -0.977. The zero-order valence-corrected chi connectivity index (χ0v) is 14.8. The molecule has 0 aromatic heterocycles. The van der Waals surface area contributed by atoms with Crippen molar-refractivity contribution in [2.24, 2.45) is 0 Å². The molecule has 2 N–H and O–H groups in total. The molecule has 2 aromatic rings. The van der Waals surface area contributed by atoms with Crippen molar-refractivity contribution in [2.45, 2.75) is 31.3 Å². The second-order valence-electron chi connectivity index (χ2n) is 5.65. The van der Waals surface area contributed by atoms with E-state index in [1.54, 1.807) is 0 Å². The molecule has 4 nitrogen and oxygen atoms in total. The van der Waals surface area contributed by atoms with E-state index in [1.807, 2.05) is 54.6 Å². The summed E-state index contributed by atoms with van der Waals surface area (Å²) in [6.45, 7) is 2.75. The van der Waals surface area contributed by atoms with Crippen LogP contribution in [0.25, 0.3) is 0 Å². The van der Waals surface area contributed by atoms with Crippen LogP contribution in [0.15, 0.2) is 54.6 Å². The number of unbranched alkanes of at least 4 members (excludes halogenated alkanes) is 1. The van der Waals surface area contributed by atoms with Gasteiger partial charge in [-0.05, 0) is 29.7 Å². The van der Waals surface area contributed by atoms with Crippen LogP contribution in [0.1, 0.15) is 30.9 Å². The molecule has 0 aliphatic rings. The normalized spacial score (nSPS) is 11.7. The summed E-state index contributed by atoms with van der Waals surface area (Å²) in [5.74, 6) is 1.01. The number of hydrogen-bond donors (Lipinski definition) is 2. The summed E-state index contributed by atoms with van der Waals surface area (Å²) in [5, 5.41) is 5.63. The zero-order valence-electron chi connectivity index (χ0n) is 14.0. The Kier molecular flexibility index (Phi) is 7.49. The molecule has 0 aliphatic carbocycles. The first kappa shape index (κ1) is 18.2. The van der Waals surface area contributed by atoms with E-state index in [9.17, 15) is 9.00 Å². The van der Waals surface area contributed by atoms with Crippen LogP contribution in [0, 0.1) is 0 Å². The molecule has 24 heavy (non-hydrogen) atoms. The van der Waals surface area contributed by atoms with Crippen molar-refractivity contribution in [3.63, 3.8) is 0 Å². The number of urea groups is 1. The maximum Gasteiger partial charge on any atom is 0.319 e. The third-order valence-corrected chi connectivity index (χ3v) is 4.81. The van der Waals surface area contributed by atoms with Crippen molar-refractivity contribution in [2.75, 3.05) is 11.9 Å². The van der Waals surface area contributed by atoms with E-state index < -0.39 is 10.8 Å². The van der Waals surface area contributed by atoms with E-state index in [2.05, 4.69) is 17.6 Å². The highest BCUT2D eigenvalue weighted by Gasteiger charge is 2.06. The van der Waals surface area contributed by atoms with Gasteiger partial charge in [0.2, 0.25) is 0 Å². The molecule has 0 radical (unpaired) electrons. The van der Waals surface area contributed by atoms with Gasteiger partial charge in [-0.2, -0.15) is 0 Å². The molecular weight excluding hydrogens is 320 g/mol. The maximum absolute atomic E-state index is 12.3. The third kappa shape index (κ3) is 6.54. The average molecular weight is 344 g/mol. The van der Waals surface area contributed by atoms with Gasteiger partial charge in [0.15, 0.2) is 0 Å². The lowest BCUT2D eigenvalue weighted by atomic mass is 10.2. The topological polar surface area (TPSA) is 58.2 Å². The predicted octanol–water partition coefficient (Wildman–Crippen LogP) is 4.06. The fraction of sp³-hybridized carbons (Fsp3) is 0.316. The van der Waals surface area contributed by atoms with Crippen LogP contribution in [0.4, 0.5) is 10.5 Å². The first-order valence-electron chi connectivity index (χ1n) is 8.20. The molecule has 0 fully saturated rings. The highest BCUT2D eigenvalue weighted by molar-refractivity contribution is 7.83. The van der Waals surface area contributed by atoms with Gasteiger partial charge >= 0.3 is 6.03 Å². The highest BCUT2D eigenvalue weighted by Crippen LogP contribution is 2.14. The van der Waals surface area contributed by atoms with Crippen molar-refractivity contribution in [1.82, 2.24) is 5.32 Å². The largest absolute Gasteiger partial charge is 0.338 e. The average Bonchev–Trinajstić information content (AvgIpc) is 2.56. The fourth-order valence-electron chi connectivity index (χ4n) is 2.29. The van der Waals surface area contributed by atoms with Crippen molar-refractivity contribution < 1.29 is 9.00 Å². The van der Waals surface area contributed by atoms with Crippen molar-refractivity contribution in [1.29, 1.82) is 0 Å². The fourth-order valence-corrected chi connectivity index (χ4v) is 3.51. The van der Waals surface area contributed by atoms with Crippen molar-refractivity contribution in [3.8, 4) is 0 Å². The number of rotatable bonds is 8. The van der Waals surface area contributed by atoms with Gasteiger partial charge in [-0.15, -0.1) is 0 Å². The first-order chi connectivity index (χ1) is 11.7. The molecule has 2 amide bonds. The molecule has 5 heteroatoms. The van der Waals surface area contributed by atoms with E-state index in [0.29, 0.717) is 18.1 Å². The summed E-state index contributed by atoms with van der Waals surface area (Å²) in [5.41, 5.74) is 2.74. The van der Waals surface area contributed by atoms with Gasteiger partial charge in [0, 0.05) is 34.5 Å². The summed E-state index contributed by atoms with van der Waals surface area (Å²) in [6, 6.07) is 17.1. The van der Waals surface area contributed by atoms with Crippen LogP contribution in [-0.2, 0) is 22.3 Å². The number of amides is 2. The molecule has 2 rings (SSSR count). The van der Waals surface area contributed by atoms with Crippen LogP contribution in [-0.4, -0.2) is 16.8 Å². The van der Waals surface area contributed by atoms with Gasteiger partial charge in [0.1, 0.15) is 0 Å². The molecule has 0 bridgehead atoms. The number of anilines is 1. The molecule has 0 saturated carbocycles. The number of hydrogen-bond acceptors (Lipinski definition) is 2. The second kappa shape index (κ2) is 9.88. The Morgan fingerprint density at radius 2 is 1.71 bits per heavy atom. The van der Waals surface area contributed by atoms with Crippen LogP contribution in [0.3, 0.4) is 0 Å². The Hall–Kier alpha value is -2.14. The lowest BCUT2D eigenvalue weighted by molar-refractivity contribution is 0.252. The Bertz CT molecular complexity index is 674. The minimum Gasteiger partial charge on any atom is -0.338 e. The van der Waals surface area contributed by atoms with Gasteiger partial charge in [-0.1, -0.05) is 55.8 Å². The third-order valence-electron chi connectivity index (χ3n) is 3.50. The van der Waals surface area contributed by atoms with Gasteiger partial charge in [0.05, 0.1) is 0 Å². The lowest BCUT2D eigenvalue weighted by Crippen LogP contribution is -2.29. The minimum absolute atomic E-state index is 0.203. The Morgan fingerprint density at radius 1 is 1.00 bits per heavy atom. The summed E-state index contributed by atoms with van der Waals surface area (Å²) in [6.07, 6.45) is 2.01. The van der Waals surface area contributed by atoms with Crippen LogP contribution >= 0.6 is 0 Å². The van der Waals surface area contributed by atoms with E-state index in [4.69, 9.17) is 0 Å². The predicted molar refractivity (Wildman–Crippen MR) is 100 cm³/mol. The molecule has 128 valence electrons. The van der Waals surface area contributed by atoms with Gasteiger partial charge < -0.3 is 10.6 Å². The van der Waals surface area contributed by atoms with Crippen LogP contribution in [0.5, 0.6) is 0 Å². The molecule has 0 unspecified atom stereocenters. The SMILES string of the molecule is CCCCNC(=O)Nc1cccc(C[S@](=O)Cc2ccccc2)c1. The second-order valence-corrected chi connectivity index (χ2v) is 7.11. The van der Waals surface area contributed by atoms with E-state index in [1.165, 1.54) is 0 Å². The Morgan fingerprint density at radius 3 is 2.46 bits per heavy atom. The van der Waals surface area contributed by atoms with Crippen molar-refractivity contribution >= 4 is 22.5 Å². The number of nitrogens with one attached hydrogen (secondary N) is 2. The monoisotopic (exact) mass is 344 g/mol. The molecule has 0 aliphatic heterocycles. The summed E-state index contributed by atoms with van der Waals surface area (Å²) in [4.78, 5) is 11.8. The standard InChI is InChI=1S/C19H24N2O2S/c1-2-3-12-20-19(22)21-18-11-7-10-17(13-18)15-24(23)14-16-8-5-4-6-9-16/h4-11,13H,2-3,12,14-15H2,1H3,(H2,20,21,22)/t24-/m1/s1. The highest BCUT2D eigenvalue weighted by atomic mass is 32.2. The number of carbonyl (C=O) groups is 1. The van der Waals surface area contributed by atoms with Crippen molar-refractivity contribution in [3.05, 3.63) is 65.7 Å². The van der Waals surface area contributed by atoms with Crippen LogP contribution in [0.2, 0.25) is 0 Å². The van der Waals surface area contributed by atoms with Gasteiger partial charge in [-0.3, -0.25) is 4.21 Å². The molecule has 0 saturated heterocycles. The van der Waals surface area contributed by atoms with Crippen LogP contribution < -0.4 is 10.6 Å². The number of carbonyl (C=O) groups excluding carboxylic acids is 1. The molecule has 0 spiro atoms. The smallest absolute Gasteiger partial charge is 0.319 e.